The third-order valence-electron chi connectivity index (χ3n) is 5.30. The summed E-state index contributed by atoms with van der Waals surface area (Å²) in [6.07, 6.45) is 0. The smallest absolute Gasteiger partial charge is 0.128 e. The van der Waals surface area contributed by atoms with Gasteiger partial charge in [-0.1, -0.05) is 18.2 Å². The molecule has 0 fully saturated rings. The van der Waals surface area contributed by atoms with E-state index in [4.69, 9.17) is 20.0 Å². The molecule has 35 heavy (non-hydrogen) atoms. The summed E-state index contributed by atoms with van der Waals surface area (Å²) in [7, 11) is 0. The summed E-state index contributed by atoms with van der Waals surface area (Å²) in [5.74, 6) is 2.19. The van der Waals surface area contributed by atoms with Gasteiger partial charge < -0.3 is 9.47 Å². The Labute approximate surface area is 202 Å². The van der Waals surface area contributed by atoms with E-state index in [0.717, 1.165) is 16.7 Å². The number of aryl methyl sites for hydroxylation is 1. The number of ether oxygens (including phenoxy) is 2. The molecule has 0 aromatic heterocycles. The van der Waals surface area contributed by atoms with E-state index in [-0.39, 0.29) is 11.1 Å². The van der Waals surface area contributed by atoms with Crippen molar-refractivity contribution in [3.8, 4) is 58.4 Å². The van der Waals surface area contributed by atoms with E-state index in [2.05, 4.69) is 0 Å². The Balaban J connectivity index is 1.50. The maximum absolute atomic E-state index is 9.20. The second kappa shape index (κ2) is 9.93. The highest BCUT2D eigenvalue weighted by Crippen LogP contribution is 2.32. The zero-order valence-corrected chi connectivity index (χ0v) is 18.6. The molecule has 0 radical (unpaired) electrons. The van der Waals surface area contributed by atoms with Gasteiger partial charge in [-0.25, -0.2) is 0 Å². The summed E-state index contributed by atoms with van der Waals surface area (Å²) in [5.41, 5.74) is 4.16. The molecule has 0 spiro atoms. The van der Waals surface area contributed by atoms with Crippen molar-refractivity contribution >= 4 is 0 Å². The van der Waals surface area contributed by atoms with Crippen LogP contribution in [0.2, 0.25) is 0 Å². The molecule has 4 aromatic carbocycles. The van der Waals surface area contributed by atoms with Crippen LogP contribution in [0.1, 0.15) is 27.8 Å². The molecule has 164 valence electrons. The predicted octanol–water partition coefficient (Wildman–Crippen LogP) is 6.73. The molecule has 4 aromatic rings. The van der Waals surface area contributed by atoms with Gasteiger partial charge in [-0.3, -0.25) is 0 Å². The van der Waals surface area contributed by atoms with Crippen LogP contribution in [-0.4, -0.2) is 0 Å². The fourth-order valence-corrected chi connectivity index (χ4v) is 3.55. The summed E-state index contributed by atoms with van der Waals surface area (Å²) in [6, 6.07) is 30.8. The van der Waals surface area contributed by atoms with Crippen LogP contribution in [0.25, 0.3) is 11.1 Å². The second-order valence-electron chi connectivity index (χ2n) is 7.57. The molecule has 0 unspecified atom stereocenters. The first-order chi connectivity index (χ1) is 17.0. The molecule has 0 aliphatic carbocycles. The molecule has 0 saturated heterocycles. The lowest BCUT2D eigenvalue weighted by Crippen LogP contribution is -1.91. The minimum atomic E-state index is 0.268. The highest BCUT2D eigenvalue weighted by atomic mass is 16.5. The van der Waals surface area contributed by atoms with E-state index in [1.807, 2.05) is 73.7 Å². The van der Waals surface area contributed by atoms with Gasteiger partial charge in [0.25, 0.3) is 0 Å². The highest BCUT2D eigenvalue weighted by Gasteiger charge is 2.09. The summed E-state index contributed by atoms with van der Waals surface area (Å²) < 4.78 is 11.7. The maximum atomic E-state index is 9.20. The van der Waals surface area contributed by atoms with Crippen molar-refractivity contribution in [2.75, 3.05) is 0 Å². The molecule has 0 atom stereocenters. The molecular formula is C29H16N4O2. The van der Waals surface area contributed by atoms with Crippen molar-refractivity contribution in [1.82, 2.24) is 0 Å². The number of hydrogen-bond donors (Lipinski definition) is 0. The van der Waals surface area contributed by atoms with Crippen LogP contribution in [0, 0.1) is 52.2 Å². The molecule has 6 heteroatoms. The first kappa shape index (κ1) is 22.6. The van der Waals surface area contributed by atoms with Crippen LogP contribution >= 0.6 is 0 Å². The number of nitrogens with zero attached hydrogens (tertiary/aromatic N) is 4. The van der Waals surface area contributed by atoms with Gasteiger partial charge in [-0.2, -0.15) is 21.0 Å². The number of rotatable bonds is 5. The Morgan fingerprint density at radius 3 is 1.40 bits per heavy atom. The van der Waals surface area contributed by atoms with E-state index >= 15 is 0 Å². The first-order valence-electron chi connectivity index (χ1n) is 10.5. The average molecular weight is 452 g/mol. The third kappa shape index (κ3) is 4.94. The Kier molecular flexibility index (Phi) is 6.42. The molecule has 0 bridgehead atoms. The fourth-order valence-electron chi connectivity index (χ4n) is 3.55. The normalized spacial score (nSPS) is 9.74. The topological polar surface area (TPSA) is 114 Å². The molecule has 0 aliphatic rings. The highest BCUT2D eigenvalue weighted by molar-refractivity contribution is 5.69. The summed E-state index contributed by atoms with van der Waals surface area (Å²) in [5, 5.41) is 36.5. The van der Waals surface area contributed by atoms with Gasteiger partial charge in [-0.05, 0) is 84.3 Å². The van der Waals surface area contributed by atoms with Crippen LogP contribution in [-0.2, 0) is 0 Å². The Bertz CT molecular complexity index is 1590. The standard InChI is InChI=1S/C29H16N4O2/c1-19-12-26(35-28-9-5-22(16-31)24(14-28)18-33)10-11-29(19)20-2-6-25(7-3-20)34-27-8-4-21(15-30)23(13-27)17-32/h2-14H,1H3. The van der Waals surface area contributed by atoms with Crippen molar-refractivity contribution in [3.05, 3.63) is 107 Å². The lowest BCUT2D eigenvalue weighted by Gasteiger charge is -2.12. The van der Waals surface area contributed by atoms with E-state index in [1.165, 1.54) is 0 Å². The Morgan fingerprint density at radius 1 is 0.486 bits per heavy atom. The van der Waals surface area contributed by atoms with Crippen molar-refractivity contribution in [2.24, 2.45) is 0 Å². The van der Waals surface area contributed by atoms with E-state index in [0.29, 0.717) is 34.1 Å². The molecule has 0 N–H and O–H groups in total. The largest absolute Gasteiger partial charge is 0.457 e. The minimum absolute atomic E-state index is 0.268. The van der Waals surface area contributed by atoms with Gasteiger partial charge in [-0.15, -0.1) is 0 Å². The SMILES string of the molecule is Cc1cc(Oc2ccc(C#N)c(C#N)c2)ccc1-c1ccc(Oc2ccc(C#N)c(C#N)c2)cc1. The molecule has 4 rings (SSSR count). The summed E-state index contributed by atoms with van der Waals surface area (Å²) in [6.45, 7) is 1.98. The molecule has 6 nitrogen and oxygen atoms in total. The van der Waals surface area contributed by atoms with Crippen molar-refractivity contribution < 1.29 is 9.47 Å². The van der Waals surface area contributed by atoms with Crippen LogP contribution in [0.4, 0.5) is 0 Å². The second-order valence-corrected chi connectivity index (χ2v) is 7.57. The third-order valence-corrected chi connectivity index (χ3v) is 5.30. The van der Waals surface area contributed by atoms with E-state index in [9.17, 15) is 10.5 Å². The lowest BCUT2D eigenvalue weighted by atomic mass is 10.0. The zero-order chi connectivity index (χ0) is 24.8. The number of nitriles is 4. The number of hydrogen-bond acceptors (Lipinski definition) is 6. The van der Waals surface area contributed by atoms with Gasteiger partial charge in [0.15, 0.2) is 0 Å². The van der Waals surface area contributed by atoms with Crippen molar-refractivity contribution in [1.29, 1.82) is 21.0 Å². The van der Waals surface area contributed by atoms with Gasteiger partial charge in [0.1, 0.15) is 47.3 Å². The Hall–Kier alpha value is -5.56. The molecule has 0 saturated carbocycles. The van der Waals surface area contributed by atoms with Crippen molar-refractivity contribution in [3.63, 3.8) is 0 Å². The monoisotopic (exact) mass is 452 g/mol. The fraction of sp³-hybridized carbons (Fsp3) is 0.0345. The minimum Gasteiger partial charge on any atom is -0.457 e. The number of benzene rings is 4. The maximum Gasteiger partial charge on any atom is 0.128 e. The quantitative estimate of drug-likeness (QED) is 0.331. The van der Waals surface area contributed by atoms with Gasteiger partial charge in [0, 0.05) is 0 Å². The van der Waals surface area contributed by atoms with Crippen LogP contribution < -0.4 is 9.47 Å². The molecule has 0 aliphatic heterocycles. The lowest BCUT2D eigenvalue weighted by molar-refractivity contribution is 0.481. The van der Waals surface area contributed by atoms with Crippen LogP contribution in [0.3, 0.4) is 0 Å². The average Bonchev–Trinajstić information content (AvgIpc) is 2.89. The van der Waals surface area contributed by atoms with Crippen molar-refractivity contribution in [2.45, 2.75) is 6.92 Å². The molecule has 0 amide bonds. The Morgan fingerprint density at radius 2 is 0.914 bits per heavy atom. The van der Waals surface area contributed by atoms with Gasteiger partial charge in [0.05, 0.1) is 22.3 Å². The van der Waals surface area contributed by atoms with Crippen LogP contribution in [0.5, 0.6) is 23.0 Å². The first-order valence-corrected chi connectivity index (χ1v) is 10.5. The molecular weight excluding hydrogens is 436 g/mol. The summed E-state index contributed by atoms with van der Waals surface area (Å²) in [4.78, 5) is 0. The zero-order valence-electron chi connectivity index (χ0n) is 18.6. The van der Waals surface area contributed by atoms with Gasteiger partial charge in [0.2, 0.25) is 0 Å². The van der Waals surface area contributed by atoms with Gasteiger partial charge >= 0.3 is 0 Å². The summed E-state index contributed by atoms with van der Waals surface area (Å²) >= 11 is 0. The van der Waals surface area contributed by atoms with E-state index < -0.39 is 0 Å². The van der Waals surface area contributed by atoms with E-state index in [1.54, 1.807) is 36.4 Å². The molecule has 0 heterocycles. The predicted molar refractivity (Wildman–Crippen MR) is 129 cm³/mol. The van der Waals surface area contributed by atoms with Crippen LogP contribution in [0.15, 0.2) is 78.9 Å².